The molecule has 3 aromatic carbocycles. The van der Waals surface area contributed by atoms with Crippen molar-refractivity contribution in [2.45, 2.75) is 0 Å². The normalized spacial score (nSPS) is 12.4. The fraction of sp³-hybridized carbons (Fsp3) is 0.130. The van der Waals surface area contributed by atoms with E-state index in [-0.39, 0.29) is 0 Å². The molecule has 5 rings (SSSR count). The summed E-state index contributed by atoms with van der Waals surface area (Å²) in [6.07, 6.45) is 1.55. The molecule has 2 heterocycles. The molecule has 150 valence electrons. The highest BCUT2D eigenvalue weighted by Gasteiger charge is 2.17. The van der Waals surface area contributed by atoms with Gasteiger partial charge in [0, 0.05) is 12.2 Å². The Bertz CT molecular complexity index is 1190. The van der Waals surface area contributed by atoms with Crippen LogP contribution < -0.4 is 24.8 Å². The Hall–Kier alpha value is -4.00. The lowest BCUT2D eigenvalue weighted by atomic mass is 10.1. The predicted molar refractivity (Wildman–Crippen MR) is 116 cm³/mol. The molecule has 7 nitrogen and oxygen atoms in total. The lowest BCUT2D eigenvalue weighted by molar-refractivity contribution is 0.327. The number of hydrogen-bond donors (Lipinski definition) is 2. The smallest absolute Gasteiger partial charge is 0.169 e. The summed E-state index contributed by atoms with van der Waals surface area (Å²) in [6, 6.07) is 19.2. The van der Waals surface area contributed by atoms with E-state index in [0.29, 0.717) is 29.7 Å². The molecule has 4 aromatic rings. The van der Waals surface area contributed by atoms with Crippen molar-refractivity contribution in [3.05, 3.63) is 67.0 Å². The third-order valence-electron chi connectivity index (χ3n) is 4.83. The van der Waals surface area contributed by atoms with Gasteiger partial charge in [-0.05, 0) is 48.5 Å². The molecule has 0 fully saturated rings. The SMILES string of the molecule is COc1ccccc1Oc1ccc(Nc2ncnc3ccc4c(c23)OCCN4)cc1. The Morgan fingerprint density at radius 2 is 1.80 bits per heavy atom. The first kappa shape index (κ1) is 18.1. The number of para-hydroxylation sites is 2. The maximum atomic E-state index is 5.94. The van der Waals surface area contributed by atoms with E-state index in [9.17, 15) is 0 Å². The molecule has 30 heavy (non-hydrogen) atoms. The number of nitrogens with one attached hydrogen (secondary N) is 2. The number of fused-ring (bicyclic) bond motifs is 3. The van der Waals surface area contributed by atoms with Gasteiger partial charge < -0.3 is 24.8 Å². The molecular formula is C23H20N4O3. The Balaban J connectivity index is 1.42. The van der Waals surface area contributed by atoms with Gasteiger partial charge in [0.2, 0.25) is 0 Å². The van der Waals surface area contributed by atoms with Gasteiger partial charge in [0.15, 0.2) is 17.2 Å². The molecule has 0 bridgehead atoms. The lowest BCUT2D eigenvalue weighted by Crippen LogP contribution is -2.18. The van der Waals surface area contributed by atoms with Gasteiger partial charge in [0.25, 0.3) is 0 Å². The first-order chi connectivity index (χ1) is 14.8. The van der Waals surface area contributed by atoms with E-state index < -0.39 is 0 Å². The third-order valence-corrected chi connectivity index (χ3v) is 4.83. The maximum absolute atomic E-state index is 5.94. The van der Waals surface area contributed by atoms with Crippen LogP contribution in [0.2, 0.25) is 0 Å². The zero-order chi connectivity index (χ0) is 20.3. The molecule has 0 aliphatic carbocycles. The first-order valence-electron chi connectivity index (χ1n) is 9.64. The molecule has 1 aromatic heterocycles. The molecule has 0 unspecified atom stereocenters. The molecule has 0 atom stereocenters. The summed E-state index contributed by atoms with van der Waals surface area (Å²) >= 11 is 0. The largest absolute Gasteiger partial charge is 0.493 e. The van der Waals surface area contributed by atoms with Crippen molar-refractivity contribution in [3.8, 4) is 23.0 Å². The predicted octanol–water partition coefficient (Wildman–Crippen LogP) is 4.98. The highest BCUT2D eigenvalue weighted by Crippen LogP contribution is 2.39. The minimum atomic E-state index is 0.607. The van der Waals surface area contributed by atoms with E-state index in [0.717, 1.165) is 34.6 Å². The zero-order valence-corrected chi connectivity index (χ0v) is 16.4. The van der Waals surface area contributed by atoms with E-state index >= 15 is 0 Å². The van der Waals surface area contributed by atoms with Gasteiger partial charge in [0.05, 0.1) is 23.7 Å². The van der Waals surface area contributed by atoms with Gasteiger partial charge in [-0.1, -0.05) is 12.1 Å². The fourth-order valence-electron chi connectivity index (χ4n) is 3.42. The van der Waals surface area contributed by atoms with E-state index in [1.165, 1.54) is 0 Å². The Kier molecular flexibility index (Phi) is 4.69. The van der Waals surface area contributed by atoms with Crippen molar-refractivity contribution in [3.63, 3.8) is 0 Å². The van der Waals surface area contributed by atoms with Gasteiger partial charge in [-0.3, -0.25) is 0 Å². The summed E-state index contributed by atoms with van der Waals surface area (Å²) in [4.78, 5) is 8.82. The van der Waals surface area contributed by atoms with Gasteiger partial charge >= 0.3 is 0 Å². The van der Waals surface area contributed by atoms with Gasteiger partial charge in [0.1, 0.15) is 24.5 Å². The molecule has 7 heteroatoms. The highest BCUT2D eigenvalue weighted by atomic mass is 16.5. The van der Waals surface area contributed by atoms with Crippen LogP contribution in [-0.2, 0) is 0 Å². The standard InChI is InChI=1S/C23H20N4O3/c1-28-19-4-2-3-5-20(19)30-16-8-6-15(7-9-16)27-23-21-17(25-14-26-23)10-11-18-22(21)29-13-12-24-18/h2-11,14,24H,12-13H2,1H3,(H,25,26,27). The zero-order valence-electron chi connectivity index (χ0n) is 16.4. The minimum absolute atomic E-state index is 0.607. The van der Waals surface area contributed by atoms with Crippen molar-refractivity contribution in [1.82, 2.24) is 9.97 Å². The fourth-order valence-corrected chi connectivity index (χ4v) is 3.42. The minimum Gasteiger partial charge on any atom is -0.493 e. The van der Waals surface area contributed by atoms with E-state index in [1.807, 2.05) is 60.7 Å². The van der Waals surface area contributed by atoms with E-state index in [2.05, 4.69) is 20.6 Å². The first-order valence-corrected chi connectivity index (χ1v) is 9.64. The highest BCUT2D eigenvalue weighted by molar-refractivity contribution is 5.99. The van der Waals surface area contributed by atoms with Crippen LogP contribution in [0.4, 0.5) is 17.2 Å². The van der Waals surface area contributed by atoms with Crippen molar-refractivity contribution < 1.29 is 14.2 Å². The van der Waals surface area contributed by atoms with Crippen LogP contribution in [0.1, 0.15) is 0 Å². The molecule has 0 spiro atoms. The summed E-state index contributed by atoms with van der Waals surface area (Å²) in [5, 5.41) is 7.58. The van der Waals surface area contributed by atoms with Crippen molar-refractivity contribution in [2.75, 3.05) is 30.9 Å². The number of aromatic nitrogens is 2. The van der Waals surface area contributed by atoms with Crippen LogP contribution in [0.25, 0.3) is 10.9 Å². The number of ether oxygens (including phenoxy) is 3. The van der Waals surface area contributed by atoms with Gasteiger partial charge in [-0.25, -0.2) is 9.97 Å². The topological polar surface area (TPSA) is 77.5 Å². The number of anilines is 3. The van der Waals surface area contributed by atoms with Crippen molar-refractivity contribution >= 4 is 28.1 Å². The number of methoxy groups -OCH3 is 1. The lowest BCUT2D eigenvalue weighted by Gasteiger charge is -2.21. The van der Waals surface area contributed by atoms with Crippen LogP contribution in [0, 0.1) is 0 Å². The van der Waals surface area contributed by atoms with Crippen LogP contribution in [0.15, 0.2) is 67.0 Å². The van der Waals surface area contributed by atoms with Crippen LogP contribution >= 0.6 is 0 Å². The Morgan fingerprint density at radius 1 is 0.967 bits per heavy atom. The van der Waals surface area contributed by atoms with E-state index in [1.54, 1.807) is 13.4 Å². The van der Waals surface area contributed by atoms with Crippen molar-refractivity contribution in [2.24, 2.45) is 0 Å². The maximum Gasteiger partial charge on any atom is 0.169 e. The Morgan fingerprint density at radius 3 is 2.63 bits per heavy atom. The van der Waals surface area contributed by atoms with Crippen LogP contribution in [0.3, 0.4) is 0 Å². The molecule has 1 aliphatic rings. The monoisotopic (exact) mass is 400 g/mol. The summed E-state index contributed by atoms with van der Waals surface area (Å²) < 4.78 is 17.2. The molecule has 0 saturated carbocycles. The number of benzene rings is 3. The van der Waals surface area contributed by atoms with Crippen LogP contribution in [-0.4, -0.2) is 30.2 Å². The molecular weight excluding hydrogens is 380 g/mol. The summed E-state index contributed by atoms with van der Waals surface area (Å²) in [7, 11) is 1.62. The third kappa shape index (κ3) is 3.41. The summed E-state index contributed by atoms with van der Waals surface area (Å²) in [6.45, 7) is 1.39. The second-order valence-corrected chi connectivity index (χ2v) is 6.74. The molecule has 1 aliphatic heterocycles. The Labute approximate surface area is 173 Å². The quantitative estimate of drug-likeness (QED) is 0.489. The van der Waals surface area contributed by atoms with Gasteiger partial charge in [-0.15, -0.1) is 0 Å². The van der Waals surface area contributed by atoms with Crippen LogP contribution in [0.5, 0.6) is 23.0 Å². The molecule has 0 amide bonds. The van der Waals surface area contributed by atoms with Gasteiger partial charge in [-0.2, -0.15) is 0 Å². The number of nitrogens with zero attached hydrogens (tertiary/aromatic N) is 2. The van der Waals surface area contributed by atoms with Crippen molar-refractivity contribution in [1.29, 1.82) is 0 Å². The van der Waals surface area contributed by atoms with E-state index in [4.69, 9.17) is 14.2 Å². The average Bonchev–Trinajstić information content (AvgIpc) is 2.80. The number of rotatable bonds is 5. The second kappa shape index (κ2) is 7.79. The number of hydrogen-bond acceptors (Lipinski definition) is 7. The molecule has 0 radical (unpaired) electrons. The second-order valence-electron chi connectivity index (χ2n) is 6.74. The summed E-state index contributed by atoms with van der Waals surface area (Å²) in [5.41, 5.74) is 2.65. The molecule has 0 saturated heterocycles. The average molecular weight is 400 g/mol. The summed E-state index contributed by atoms with van der Waals surface area (Å²) in [5.74, 6) is 3.53. The molecule has 2 N–H and O–H groups in total.